The van der Waals surface area contributed by atoms with Gasteiger partial charge in [-0.3, -0.25) is 4.79 Å². The molecule has 1 aromatic heterocycles. The predicted molar refractivity (Wildman–Crippen MR) is 151 cm³/mol. The van der Waals surface area contributed by atoms with Crippen LogP contribution in [0.3, 0.4) is 0 Å². The van der Waals surface area contributed by atoms with Gasteiger partial charge in [-0.05, 0) is 38.9 Å². The van der Waals surface area contributed by atoms with E-state index in [-0.39, 0.29) is 29.7 Å². The number of hydrogen-bond acceptors (Lipinski definition) is 6. The molecule has 0 amide bonds. The maximum atomic E-state index is 9.00. The lowest BCUT2D eigenvalue weighted by Crippen LogP contribution is -2.38. The molecule has 6 nitrogen and oxygen atoms in total. The molecule has 3 N–H and O–H groups in total. The molecule has 1 rings (SSSR count). The van der Waals surface area contributed by atoms with E-state index in [2.05, 4.69) is 36.4 Å². The van der Waals surface area contributed by atoms with E-state index in [4.69, 9.17) is 17.9 Å². The third kappa shape index (κ3) is 43.0. The van der Waals surface area contributed by atoms with Crippen LogP contribution >= 0.6 is 11.3 Å². The first-order valence-electron chi connectivity index (χ1n) is 10.3. The number of aliphatic carboxylic acids is 1. The Labute approximate surface area is 208 Å². The van der Waals surface area contributed by atoms with E-state index in [0.717, 1.165) is 45.6 Å². The zero-order valence-corrected chi connectivity index (χ0v) is 19.9. The summed E-state index contributed by atoms with van der Waals surface area (Å²) in [7, 11) is 7.73. The summed E-state index contributed by atoms with van der Waals surface area (Å²) in [6, 6.07) is 0. The molecule has 0 saturated carbocycles. The smallest absolute Gasteiger partial charge is 0.300 e. The van der Waals surface area contributed by atoms with Crippen molar-refractivity contribution < 1.29 is 9.90 Å². The van der Waals surface area contributed by atoms with Gasteiger partial charge in [0.05, 0.1) is 5.01 Å². The molecule has 1 atom stereocenters. The molecule has 0 bridgehead atoms. The fraction of sp³-hybridized carbons (Fsp3) is 0.833. The molecule has 0 spiro atoms. The summed E-state index contributed by atoms with van der Waals surface area (Å²) < 4.78 is 0. The van der Waals surface area contributed by atoms with Crippen molar-refractivity contribution in [2.75, 3.05) is 33.4 Å². The molecule has 0 aromatic carbocycles. The van der Waals surface area contributed by atoms with Gasteiger partial charge in [0.2, 0.25) is 0 Å². The second-order valence-electron chi connectivity index (χ2n) is 5.89. The van der Waals surface area contributed by atoms with Gasteiger partial charge in [-0.15, -0.1) is 11.3 Å². The first-order valence-corrected chi connectivity index (χ1v) is 11.2. The van der Waals surface area contributed by atoms with Crippen LogP contribution in [0.5, 0.6) is 0 Å². The van der Waals surface area contributed by atoms with Crippen LogP contribution in [0, 0.1) is 5.92 Å². The minimum atomic E-state index is -0.833. The van der Waals surface area contributed by atoms with Gasteiger partial charge in [-0.25, -0.2) is 4.98 Å². The summed E-state index contributed by atoms with van der Waals surface area (Å²) in [6.07, 6.45) is 6.74. The molecule has 1 heterocycles. The van der Waals surface area contributed by atoms with Gasteiger partial charge in [0.15, 0.2) is 7.98 Å². The Morgan fingerprint density at radius 2 is 1.75 bits per heavy atom. The SMILES string of the molecule is C.C.C.C.CC.CC(=O)O.CCc1nccs1.[B]N(CCNC)CNCC(CC)CCC. The van der Waals surface area contributed by atoms with Crippen molar-refractivity contribution in [3.8, 4) is 0 Å². The lowest BCUT2D eigenvalue weighted by molar-refractivity contribution is -0.134. The zero-order chi connectivity index (χ0) is 22.2. The minimum Gasteiger partial charge on any atom is -0.481 e. The fourth-order valence-corrected chi connectivity index (χ4v) is 2.60. The number of thiazole rings is 1. The van der Waals surface area contributed by atoms with Crippen molar-refractivity contribution in [1.82, 2.24) is 20.4 Å². The number of nitrogens with zero attached hydrogens (tertiary/aromatic N) is 2. The van der Waals surface area contributed by atoms with Gasteiger partial charge in [-0.2, -0.15) is 0 Å². The molecule has 1 unspecified atom stereocenters. The van der Waals surface area contributed by atoms with Crippen LogP contribution in [-0.4, -0.2) is 62.2 Å². The number of likely N-dealkylation sites (N-methyl/N-ethyl adjacent to an activating group) is 1. The van der Waals surface area contributed by atoms with Gasteiger partial charge in [0.25, 0.3) is 5.97 Å². The standard InChI is InChI=1S/C11H26BN3.C5H7NS.C2H4O2.C2H6.4CH4/c1-4-6-11(5-2)9-14-10-15(12)8-7-13-3;1-2-5-6-3-4-7-5;1-2(3)4;1-2;;;;/h11,13-14H,4-10H2,1-3H3;3-4H,2H2,1H3;1H3,(H,3,4);1-2H3;4*1H4. The average molecular weight is 479 g/mol. The molecule has 8 heteroatoms. The Morgan fingerprint density at radius 3 is 2.06 bits per heavy atom. The lowest BCUT2D eigenvalue weighted by Gasteiger charge is -2.20. The van der Waals surface area contributed by atoms with Crippen molar-refractivity contribution in [1.29, 1.82) is 0 Å². The molecule has 32 heavy (non-hydrogen) atoms. The van der Waals surface area contributed by atoms with Gasteiger partial charge >= 0.3 is 0 Å². The molecule has 0 fully saturated rings. The normalized spacial score (nSPS) is 9.25. The Bertz CT molecular complexity index is 407. The number of carboxylic acid groups (broad SMARTS) is 1. The first kappa shape index (κ1) is 48.5. The zero-order valence-electron chi connectivity index (χ0n) is 19.1. The highest BCUT2D eigenvalue weighted by atomic mass is 32.1. The van der Waals surface area contributed by atoms with Crippen molar-refractivity contribution in [2.24, 2.45) is 5.92 Å². The van der Waals surface area contributed by atoms with E-state index in [9.17, 15) is 0 Å². The predicted octanol–water partition coefficient (Wildman–Crippen LogP) is 6.33. The largest absolute Gasteiger partial charge is 0.481 e. The highest BCUT2D eigenvalue weighted by Crippen LogP contribution is 2.08. The third-order valence-electron chi connectivity index (χ3n) is 3.46. The Morgan fingerprint density at radius 1 is 1.22 bits per heavy atom. The minimum absolute atomic E-state index is 0. The van der Waals surface area contributed by atoms with Gasteiger partial charge in [0.1, 0.15) is 0 Å². The Hall–Kier alpha value is -0.955. The first-order chi connectivity index (χ1) is 13.4. The number of nitrogens with one attached hydrogen (secondary N) is 2. The number of hydrogen-bond donors (Lipinski definition) is 3. The van der Waals surface area contributed by atoms with Crippen LogP contribution < -0.4 is 10.6 Å². The maximum Gasteiger partial charge on any atom is 0.300 e. The number of aromatic nitrogens is 1. The van der Waals surface area contributed by atoms with Gasteiger partial charge in [0, 0.05) is 31.7 Å². The Kier molecular flexibility index (Phi) is 61.2. The number of rotatable bonds is 11. The molecular weight excluding hydrogens is 419 g/mol. The summed E-state index contributed by atoms with van der Waals surface area (Å²) >= 11 is 1.71. The maximum absolute atomic E-state index is 9.00. The number of aryl methyl sites for hydroxylation is 1. The monoisotopic (exact) mass is 478 g/mol. The summed E-state index contributed by atoms with van der Waals surface area (Å²) in [5, 5.41) is 17.1. The quantitative estimate of drug-likeness (QED) is 0.255. The van der Waals surface area contributed by atoms with Crippen molar-refractivity contribution in [3.05, 3.63) is 16.6 Å². The van der Waals surface area contributed by atoms with E-state index in [1.165, 1.54) is 24.3 Å². The average Bonchev–Trinajstić information content (AvgIpc) is 3.21. The van der Waals surface area contributed by atoms with Crippen LogP contribution in [0.1, 0.15) is 95.5 Å². The van der Waals surface area contributed by atoms with E-state index < -0.39 is 5.97 Å². The molecule has 0 aliphatic heterocycles. The molecular formula is C24H59BN4O2S. The molecule has 196 valence electrons. The molecule has 2 radical (unpaired) electrons. The van der Waals surface area contributed by atoms with Crippen molar-refractivity contribution in [2.45, 2.75) is 96.9 Å². The fourth-order valence-electron chi connectivity index (χ4n) is 2.03. The van der Waals surface area contributed by atoms with Crippen molar-refractivity contribution in [3.63, 3.8) is 0 Å². The summed E-state index contributed by atoms with van der Waals surface area (Å²) in [4.78, 5) is 14.9. The van der Waals surface area contributed by atoms with Crippen LogP contribution in [-0.2, 0) is 11.2 Å². The van der Waals surface area contributed by atoms with Crippen LogP contribution in [0.25, 0.3) is 0 Å². The van der Waals surface area contributed by atoms with E-state index in [0.29, 0.717) is 0 Å². The molecule has 0 aliphatic rings. The van der Waals surface area contributed by atoms with Crippen molar-refractivity contribution >= 4 is 25.3 Å². The lowest BCUT2D eigenvalue weighted by atomic mass is 10.0. The topological polar surface area (TPSA) is 77.5 Å². The van der Waals surface area contributed by atoms with E-state index in [1.54, 1.807) is 11.3 Å². The molecule has 0 saturated heterocycles. The number of carboxylic acids is 1. The highest BCUT2D eigenvalue weighted by Gasteiger charge is 2.04. The number of carbonyl (C=O) groups is 1. The third-order valence-corrected chi connectivity index (χ3v) is 4.38. The van der Waals surface area contributed by atoms with Crippen LogP contribution in [0.15, 0.2) is 11.6 Å². The van der Waals surface area contributed by atoms with Gasteiger partial charge in [-0.1, -0.05) is 77.2 Å². The summed E-state index contributed by atoms with van der Waals surface area (Å²) in [6.45, 7) is 15.4. The molecule has 0 aliphatic carbocycles. The Balaban J connectivity index is -0.0000000622. The van der Waals surface area contributed by atoms with E-state index in [1.807, 2.05) is 37.3 Å². The molecule has 1 aromatic rings. The second kappa shape index (κ2) is 40.4. The second-order valence-corrected chi connectivity index (χ2v) is 6.87. The van der Waals surface area contributed by atoms with Crippen LogP contribution in [0.4, 0.5) is 0 Å². The van der Waals surface area contributed by atoms with Gasteiger partial charge < -0.3 is 20.6 Å². The summed E-state index contributed by atoms with van der Waals surface area (Å²) in [5.41, 5.74) is 0. The van der Waals surface area contributed by atoms with E-state index >= 15 is 0 Å². The summed E-state index contributed by atoms with van der Waals surface area (Å²) in [5.74, 6) is -0.0345. The van der Waals surface area contributed by atoms with Crippen LogP contribution in [0.2, 0.25) is 0 Å². The highest BCUT2D eigenvalue weighted by molar-refractivity contribution is 7.09.